The van der Waals surface area contributed by atoms with E-state index in [9.17, 15) is 4.79 Å². The highest BCUT2D eigenvalue weighted by Crippen LogP contribution is 2.05. The van der Waals surface area contributed by atoms with Gasteiger partial charge >= 0.3 is 0 Å². The normalized spacial score (nSPS) is 12.4. The summed E-state index contributed by atoms with van der Waals surface area (Å²) < 4.78 is 1.58. The third-order valence-corrected chi connectivity index (χ3v) is 3.00. The molecule has 6 nitrogen and oxygen atoms in total. The Morgan fingerprint density at radius 1 is 1.47 bits per heavy atom. The van der Waals surface area contributed by atoms with E-state index in [0.29, 0.717) is 18.8 Å². The van der Waals surface area contributed by atoms with Crippen molar-refractivity contribution in [1.82, 2.24) is 20.3 Å². The average Bonchev–Trinajstić information content (AvgIpc) is 2.84. The highest BCUT2D eigenvalue weighted by atomic mass is 16.2. The predicted molar refractivity (Wildman–Crippen MR) is 74.8 cm³/mol. The molecule has 0 aliphatic carbocycles. The van der Waals surface area contributed by atoms with Crippen molar-refractivity contribution in [3.63, 3.8) is 0 Å². The predicted octanol–water partition coefficient (Wildman–Crippen LogP) is 1.33. The number of aromatic nitrogens is 3. The van der Waals surface area contributed by atoms with Crippen molar-refractivity contribution in [3.8, 4) is 0 Å². The van der Waals surface area contributed by atoms with Gasteiger partial charge in [-0.05, 0) is 13.3 Å². The fourth-order valence-corrected chi connectivity index (χ4v) is 1.89. The Balaban J connectivity index is 2.32. The summed E-state index contributed by atoms with van der Waals surface area (Å²) in [4.78, 5) is 11.9. The summed E-state index contributed by atoms with van der Waals surface area (Å²) >= 11 is 0. The molecule has 0 aromatic carbocycles. The van der Waals surface area contributed by atoms with Gasteiger partial charge in [0.1, 0.15) is 0 Å². The van der Waals surface area contributed by atoms with Crippen molar-refractivity contribution in [2.45, 2.75) is 58.5 Å². The zero-order valence-corrected chi connectivity index (χ0v) is 11.9. The molecule has 1 aromatic rings. The Kier molecular flexibility index (Phi) is 7.10. The smallest absolute Gasteiger partial charge is 0.273 e. The molecule has 0 fully saturated rings. The van der Waals surface area contributed by atoms with Crippen LogP contribution in [0.25, 0.3) is 0 Å². The number of nitrogens with two attached hydrogens (primary N) is 1. The van der Waals surface area contributed by atoms with Crippen LogP contribution >= 0.6 is 0 Å². The molecule has 0 aliphatic heterocycles. The number of rotatable bonds is 9. The van der Waals surface area contributed by atoms with Gasteiger partial charge in [-0.15, -0.1) is 5.10 Å². The second-order valence-electron chi connectivity index (χ2n) is 4.88. The zero-order chi connectivity index (χ0) is 14.1. The van der Waals surface area contributed by atoms with E-state index in [0.717, 1.165) is 12.8 Å². The van der Waals surface area contributed by atoms with Crippen molar-refractivity contribution in [2.24, 2.45) is 5.73 Å². The monoisotopic (exact) mass is 267 g/mol. The van der Waals surface area contributed by atoms with Crippen LogP contribution in [-0.4, -0.2) is 33.5 Å². The third-order valence-electron chi connectivity index (χ3n) is 3.00. The van der Waals surface area contributed by atoms with Crippen LogP contribution in [0, 0.1) is 0 Å². The topological polar surface area (TPSA) is 85.8 Å². The molecule has 0 saturated carbocycles. The number of nitrogens with one attached hydrogen (secondary N) is 1. The van der Waals surface area contributed by atoms with E-state index in [1.165, 1.54) is 19.3 Å². The Labute approximate surface area is 114 Å². The highest BCUT2D eigenvalue weighted by Gasteiger charge is 2.13. The third kappa shape index (κ3) is 5.83. The first-order valence-corrected chi connectivity index (χ1v) is 7.08. The minimum atomic E-state index is -0.161. The van der Waals surface area contributed by atoms with E-state index >= 15 is 0 Å². The van der Waals surface area contributed by atoms with Crippen molar-refractivity contribution >= 4 is 5.91 Å². The molecule has 1 aromatic heterocycles. The lowest BCUT2D eigenvalue weighted by Crippen LogP contribution is -2.32. The van der Waals surface area contributed by atoms with Gasteiger partial charge in [0.25, 0.3) is 5.91 Å². The number of amides is 1. The maximum Gasteiger partial charge on any atom is 0.273 e. The van der Waals surface area contributed by atoms with Crippen LogP contribution < -0.4 is 11.1 Å². The number of unbranched alkanes of at least 4 members (excludes halogenated alkanes) is 3. The number of carbonyl (C=O) groups excluding carboxylic acids is 1. The first kappa shape index (κ1) is 15.6. The zero-order valence-electron chi connectivity index (χ0n) is 11.9. The lowest BCUT2D eigenvalue weighted by atomic mass is 10.1. The maximum absolute atomic E-state index is 11.9. The Morgan fingerprint density at radius 2 is 2.26 bits per heavy atom. The second kappa shape index (κ2) is 8.63. The van der Waals surface area contributed by atoms with E-state index < -0.39 is 0 Å². The second-order valence-corrected chi connectivity index (χ2v) is 4.88. The molecule has 3 N–H and O–H groups in total. The molecule has 0 saturated heterocycles. The van der Waals surface area contributed by atoms with E-state index in [1.54, 1.807) is 10.9 Å². The molecule has 1 atom stereocenters. The van der Waals surface area contributed by atoms with Gasteiger partial charge in [0.05, 0.1) is 12.7 Å². The summed E-state index contributed by atoms with van der Waals surface area (Å²) in [6.07, 6.45) is 7.49. The molecule has 0 radical (unpaired) electrons. The molecule has 108 valence electrons. The molecular weight excluding hydrogens is 242 g/mol. The summed E-state index contributed by atoms with van der Waals surface area (Å²) in [5, 5.41) is 10.6. The van der Waals surface area contributed by atoms with Gasteiger partial charge < -0.3 is 11.1 Å². The van der Waals surface area contributed by atoms with Gasteiger partial charge in [-0.25, -0.2) is 0 Å². The van der Waals surface area contributed by atoms with Gasteiger partial charge in [-0.2, -0.15) is 0 Å². The molecule has 1 amide bonds. The Morgan fingerprint density at radius 3 is 2.95 bits per heavy atom. The van der Waals surface area contributed by atoms with Crippen molar-refractivity contribution in [1.29, 1.82) is 0 Å². The maximum atomic E-state index is 11.9. The molecule has 0 aliphatic rings. The molecule has 19 heavy (non-hydrogen) atoms. The summed E-state index contributed by atoms with van der Waals surface area (Å²) in [5.74, 6) is -0.161. The van der Waals surface area contributed by atoms with Gasteiger partial charge in [0.2, 0.25) is 0 Å². The van der Waals surface area contributed by atoms with E-state index in [-0.39, 0.29) is 11.9 Å². The number of nitrogens with zero attached hydrogens (tertiary/aromatic N) is 3. The van der Waals surface area contributed by atoms with Crippen LogP contribution in [0.1, 0.15) is 56.4 Å². The SMILES string of the molecule is CCCCCCC(C)NC(=O)c1cn(CCN)nn1. The first-order valence-electron chi connectivity index (χ1n) is 7.08. The van der Waals surface area contributed by atoms with E-state index in [1.807, 2.05) is 6.92 Å². The minimum absolute atomic E-state index is 0.161. The lowest BCUT2D eigenvalue weighted by molar-refractivity contribution is 0.0932. The van der Waals surface area contributed by atoms with Gasteiger partial charge in [-0.3, -0.25) is 9.48 Å². The lowest BCUT2D eigenvalue weighted by Gasteiger charge is -2.12. The van der Waals surface area contributed by atoms with Crippen LogP contribution in [0.5, 0.6) is 0 Å². The van der Waals surface area contributed by atoms with Crippen molar-refractivity contribution in [3.05, 3.63) is 11.9 Å². The van der Waals surface area contributed by atoms with Gasteiger partial charge in [0, 0.05) is 12.6 Å². The fraction of sp³-hybridized carbons (Fsp3) is 0.769. The largest absolute Gasteiger partial charge is 0.348 e. The molecule has 0 spiro atoms. The Bertz CT molecular complexity index is 377. The highest BCUT2D eigenvalue weighted by molar-refractivity contribution is 5.92. The summed E-state index contributed by atoms with van der Waals surface area (Å²) in [7, 11) is 0. The van der Waals surface area contributed by atoms with Crippen molar-refractivity contribution < 1.29 is 4.79 Å². The summed E-state index contributed by atoms with van der Waals surface area (Å²) in [6, 6.07) is 0.170. The summed E-state index contributed by atoms with van der Waals surface area (Å²) in [5.41, 5.74) is 5.77. The first-order chi connectivity index (χ1) is 9.17. The van der Waals surface area contributed by atoms with Crippen LogP contribution in [0.2, 0.25) is 0 Å². The molecule has 0 bridgehead atoms. The van der Waals surface area contributed by atoms with Gasteiger partial charge in [-0.1, -0.05) is 37.8 Å². The Hall–Kier alpha value is -1.43. The molecular formula is C13H25N5O. The summed E-state index contributed by atoms with van der Waals surface area (Å²) in [6.45, 7) is 5.27. The average molecular weight is 267 g/mol. The van der Waals surface area contributed by atoms with Crippen molar-refractivity contribution in [2.75, 3.05) is 6.54 Å². The minimum Gasteiger partial charge on any atom is -0.348 e. The molecule has 1 heterocycles. The molecule has 6 heteroatoms. The standard InChI is InChI=1S/C13H25N5O/c1-3-4-5-6-7-11(2)15-13(19)12-10-18(9-8-14)17-16-12/h10-11H,3-9,14H2,1-2H3,(H,15,19). The van der Waals surface area contributed by atoms with E-state index in [4.69, 9.17) is 5.73 Å². The van der Waals surface area contributed by atoms with Crippen LogP contribution in [0.4, 0.5) is 0 Å². The van der Waals surface area contributed by atoms with Crippen LogP contribution in [0.15, 0.2) is 6.20 Å². The number of carbonyl (C=O) groups is 1. The van der Waals surface area contributed by atoms with Gasteiger partial charge in [0.15, 0.2) is 5.69 Å². The van der Waals surface area contributed by atoms with Crippen LogP contribution in [0.3, 0.4) is 0 Å². The number of hydrogen-bond acceptors (Lipinski definition) is 4. The van der Waals surface area contributed by atoms with E-state index in [2.05, 4.69) is 22.6 Å². The fourth-order valence-electron chi connectivity index (χ4n) is 1.89. The molecule has 1 unspecified atom stereocenters. The number of hydrogen-bond donors (Lipinski definition) is 2. The quantitative estimate of drug-likeness (QED) is 0.661. The molecule has 1 rings (SSSR count). The van der Waals surface area contributed by atoms with Crippen LogP contribution in [-0.2, 0) is 6.54 Å².